The van der Waals surface area contributed by atoms with Gasteiger partial charge in [-0.1, -0.05) is 41.6 Å². The second kappa shape index (κ2) is 9.82. The highest BCUT2D eigenvalue weighted by Gasteiger charge is 2.22. The van der Waals surface area contributed by atoms with Gasteiger partial charge in [-0.05, 0) is 32.4 Å². The summed E-state index contributed by atoms with van der Waals surface area (Å²) in [5.41, 5.74) is 5.74. The van der Waals surface area contributed by atoms with Gasteiger partial charge in [0.05, 0.1) is 17.0 Å². The maximum absolute atomic E-state index is 12.5. The fourth-order valence-corrected chi connectivity index (χ4v) is 5.09. The fourth-order valence-electron chi connectivity index (χ4n) is 3.58. The number of fused-ring (bicyclic) bond motifs is 1. The Bertz CT molecular complexity index is 1160. The van der Waals surface area contributed by atoms with E-state index in [1.807, 2.05) is 42.6 Å². The minimum atomic E-state index is -0.158. The summed E-state index contributed by atoms with van der Waals surface area (Å²) in [6.07, 6.45) is 0.861. The number of nitriles is 1. The summed E-state index contributed by atoms with van der Waals surface area (Å²) in [7, 11) is 0. The van der Waals surface area contributed by atoms with Crippen LogP contribution in [0.5, 0.6) is 0 Å². The molecule has 1 aliphatic heterocycles. The second-order valence-corrected chi connectivity index (χ2v) is 9.94. The third kappa shape index (κ3) is 5.18. The predicted molar refractivity (Wildman–Crippen MR) is 130 cm³/mol. The average molecular weight is 464 g/mol. The zero-order valence-corrected chi connectivity index (χ0v) is 20.0. The van der Waals surface area contributed by atoms with Gasteiger partial charge in [-0.25, -0.2) is 9.97 Å². The van der Waals surface area contributed by atoms with Gasteiger partial charge in [0.2, 0.25) is 5.91 Å². The van der Waals surface area contributed by atoms with Gasteiger partial charge >= 0.3 is 0 Å². The first-order chi connectivity index (χ1) is 15.4. The molecular formula is C24H25N5OS2. The summed E-state index contributed by atoms with van der Waals surface area (Å²) >= 11 is 2.70. The molecule has 1 N–H and O–H groups in total. The normalized spacial score (nSPS) is 13.6. The maximum Gasteiger partial charge on any atom is 0.236 e. The molecule has 4 rings (SSSR count). The molecule has 0 radical (unpaired) electrons. The van der Waals surface area contributed by atoms with Gasteiger partial charge in [0.15, 0.2) is 5.13 Å². The first kappa shape index (κ1) is 22.5. The van der Waals surface area contributed by atoms with Crippen LogP contribution in [0.1, 0.15) is 36.2 Å². The van der Waals surface area contributed by atoms with Gasteiger partial charge in [0.25, 0.3) is 0 Å². The molecular weight excluding hydrogens is 438 g/mol. The third-order valence-corrected chi connectivity index (χ3v) is 7.20. The summed E-state index contributed by atoms with van der Waals surface area (Å²) in [5, 5.41) is 15.6. The molecule has 3 aromatic rings. The Morgan fingerprint density at radius 2 is 2.09 bits per heavy atom. The first-order valence-electron chi connectivity index (χ1n) is 10.5. The highest BCUT2D eigenvalue weighted by atomic mass is 32.2. The number of rotatable bonds is 6. The van der Waals surface area contributed by atoms with Crippen molar-refractivity contribution in [2.75, 3.05) is 17.6 Å². The van der Waals surface area contributed by atoms with E-state index in [0.29, 0.717) is 21.8 Å². The molecule has 2 aromatic heterocycles. The number of pyridine rings is 1. The van der Waals surface area contributed by atoms with Crippen LogP contribution in [0, 0.1) is 18.3 Å². The van der Waals surface area contributed by atoms with Gasteiger partial charge in [-0.15, -0.1) is 11.3 Å². The van der Waals surface area contributed by atoms with E-state index in [0.717, 1.165) is 42.0 Å². The zero-order valence-electron chi connectivity index (χ0n) is 18.4. The quantitative estimate of drug-likeness (QED) is 0.525. The van der Waals surface area contributed by atoms with Gasteiger partial charge in [-0.3, -0.25) is 9.69 Å². The van der Waals surface area contributed by atoms with Crippen molar-refractivity contribution in [2.24, 2.45) is 0 Å². The van der Waals surface area contributed by atoms with Crippen molar-refractivity contribution < 1.29 is 4.79 Å². The van der Waals surface area contributed by atoms with Crippen molar-refractivity contribution in [2.45, 2.75) is 44.8 Å². The minimum absolute atomic E-state index is 0.158. The number of hydrogen-bond donors (Lipinski definition) is 1. The van der Waals surface area contributed by atoms with Gasteiger partial charge in [0.1, 0.15) is 11.1 Å². The summed E-state index contributed by atoms with van der Waals surface area (Å²) in [6.45, 7) is 8.18. The van der Waals surface area contributed by atoms with Crippen molar-refractivity contribution >= 4 is 34.1 Å². The SMILES string of the molecule is Cc1ccc(-c2csc(NC(=O)CSc3nc4c(cc3C#N)CN(C(C)C)CC4)n2)cc1. The van der Waals surface area contributed by atoms with Crippen LogP contribution >= 0.6 is 23.1 Å². The molecule has 3 heterocycles. The van der Waals surface area contributed by atoms with Crippen LogP contribution < -0.4 is 5.32 Å². The minimum Gasteiger partial charge on any atom is -0.301 e. The number of carbonyl (C=O) groups excluding carboxylic acids is 1. The number of nitrogens with one attached hydrogen (secondary N) is 1. The monoisotopic (exact) mass is 463 g/mol. The number of thiazole rings is 1. The van der Waals surface area contributed by atoms with Gasteiger partial charge in [0, 0.05) is 42.2 Å². The van der Waals surface area contributed by atoms with E-state index in [9.17, 15) is 10.1 Å². The number of hydrogen-bond acceptors (Lipinski definition) is 7. The maximum atomic E-state index is 12.5. The molecule has 32 heavy (non-hydrogen) atoms. The van der Waals surface area contributed by atoms with E-state index in [4.69, 9.17) is 4.98 Å². The number of carbonyl (C=O) groups is 1. The molecule has 6 nitrogen and oxygen atoms in total. The molecule has 0 fully saturated rings. The fraction of sp³-hybridized carbons (Fsp3) is 0.333. The lowest BCUT2D eigenvalue weighted by Crippen LogP contribution is -2.36. The summed E-state index contributed by atoms with van der Waals surface area (Å²) in [6, 6.07) is 12.8. The van der Waals surface area contributed by atoms with Crippen LogP contribution in [0.2, 0.25) is 0 Å². The van der Waals surface area contributed by atoms with Crippen LogP contribution in [0.15, 0.2) is 40.7 Å². The number of thioether (sulfide) groups is 1. The number of aromatic nitrogens is 2. The Kier molecular flexibility index (Phi) is 6.89. The Labute approximate surface area is 196 Å². The number of nitrogens with zero attached hydrogens (tertiary/aromatic N) is 4. The highest BCUT2D eigenvalue weighted by molar-refractivity contribution is 8.00. The molecule has 0 saturated carbocycles. The van der Waals surface area contributed by atoms with Gasteiger partial charge in [-0.2, -0.15) is 5.26 Å². The van der Waals surface area contributed by atoms with E-state index in [2.05, 4.69) is 35.1 Å². The molecule has 0 bridgehead atoms. The van der Waals surface area contributed by atoms with Crippen LogP contribution in [-0.2, 0) is 17.8 Å². The number of aryl methyl sites for hydroxylation is 1. The van der Waals surface area contributed by atoms with Gasteiger partial charge < -0.3 is 5.32 Å². The van der Waals surface area contributed by atoms with Crippen molar-refractivity contribution in [3.63, 3.8) is 0 Å². The van der Waals surface area contributed by atoms with Crippen molar-refractivity contribution in [1.29, 1.82) is 5.26 Å². The number of benzene rings is 1. The molecule has 1 amide bonds. The first-order valence-corrected chi connectivity index (χ1v) is 12.4. The van der Waals surface area contributed by atoms with Crippen LogP contribution in [0.3, 0.4) is 0 Å². The van der Waals surface area contributed by atoms with E-state index in [-0.39, 0.29) is 11.7 Å². The highest BCUT2D eigenvalue weighted by Crippen LogP contribution is 2.28. The molecule has 0 unspecified atom stereocenters. The summed E-state index contributed by atoms with van der Waals surface area (Å²) in [4.78, 5) is 24.1. The molecule has 164 valence electrons. The van der Waals surface area contributed by atoms with Crippen molar-refractivity contribution in [3.05, 3.63) is 58.1 Å². The standard InChI is InChI=1S/C24H25N5OS2/c1-15(2)29-9-8-20-19(12-29)10-18(11-25)23(26-20)31-14-22(30)28-24-27-21(13-32-24)17-6-4-16(3)5-7-17/h4-7,10,13,15H,8-9,12,14H2,1-3H3,(H,27,28,30). The second-order valence-electron chi connectivity index (χ2n) is 8.11. The molecule has 0 aliphatic carbocycles. The zero-order chi connectivity index (χ0) is 22.7. The largest absolute Gasteiger partial charge is 0.301 e. The van der Waals surface area contributed by atoms with Crippen molar-refractivity contribution in [3.8, 4) is 17.3 Å². The van der Waals surface area contributed by atoms with E-state index < -0.39 is 0 Å². The van der Waals surface area contributed by atoms with E-state index in [1.54, 1.807) is 0 Å². The Hall–Kier alpha value is -2.73. The summed E-state index contributed by atoms with van der Waals surface area (Å²) in [5.74, 6) is 0.0205. The Morgan fingerprint density at radius 1 is 1.31 bits per heavy atom. The van der Waals surface area contributed by atoms with E-state index in [1.165, 1.54) is 28.7 Å². The lowest BCUT2D eigenvalue weighted by atomic mass is 10.0. The number of amides is 1. The molecule has 0 saturated heterocycles. The van der Waals surface area contributed by atoms with Crippen LogP contribution in [0.4, 0.5) is 5.13 Å². The lowest BCUT2D eigenvalue weighted by molar-refractivity contribution is -0.113. The Morgan fingerprint density at radius 3 is 2.81 bits per heavy atom. The smallest absolute Gasteiger partial charge is 0.236 e. The van der Waals surface area contributed by atoms with Crippen molar-refractivity contribution in [1.82, 2.24) is 14.9 Å². The Balaban J connectivity index is 1.39. The lowest BCUT2D eigenvalue weighted by Gasteiger charge is -2.31. The molecule has 1 aromatic carbocycles. The van der Waals surface area contributed by atoms with Crippen LogP contribution in [-0.4, -0.2) is 39.1 Å². The third-order valence-electron chi connectivity index (χ3n) is 5.45. The van der Waals surface area contributed by atoms with Crippen LogP contribution in [0.25, 0.3) is 11.3 Å². The summed E-state index contributed by atoms with van der Waals surface area (Å²) < 4.78 is 0. The van der Waals surface area contributed by atoms with E-state index >= 15 is 0 Å². The average Bonchev–Trinajstić information content (AvgIpc) is 3.25. The predicted octanol–water partition coefficient (Wildman–Crippen LogP) is 4.88. The molecule has 0 spiro atoms. The molecule has 1 aliphatic rings. The number of anilines is 1. The molecule has 0 atom stereocenters. The molecule has 8 heteroatoms. The topological polar surface area (TPSA) is 81.9 Å².